The zero-order chi connectivity index (χ0) is 27.9. The highest BCUT2D eigenvalue weighted by atomic mass is 31.2. The predicted molar refractivity (Wildman–Crippen MR) is 175 cm³/mol. The van der Waals surface area contributed by atoms with Crippen molar-refractivity contribution in [1.82, 2.24) is 4.98 Å². The third-order valence-corrected chi connectivity index (χ3v) is 13.9. The molecule has 0 unspecified atom stereocenters. The van der Waals surface area contributed by atoms with Crippen LogP contribution in [-0.4, -0.2) is 4.98 Å². The molecule has 41 heavy (non-hydrogen) atoms. The topological polar surface area (TPSA) is 49.9 Å². The highest BCUT2D eigenvalue weighted by Gasteiger charge is 2.31. The molecule has 0 radical (unpaired) electrons. The van der Waals surface area contributed by atoms with Crippen molar-refractivity contribution in [2.45, 2.75) is 0 Å². The first-order valence-corrected chi connectivity index (χ1v) is 17.0. The average molecular weight is 568 g/mol. The zero-order valence-electron chi connectivity index (χ0n) is 22.2. The maximum atomic E-state index is 14.9. The molecule has 198 valence electrons. The summed E-state index contributed by atoms with van der Waals surface area (Å²) in [4.78, 5) is 3.57. The van der Waals surface area contributed by atoms with E-state index in [4.69, 9.17) is 0 Å². The van der Waals surface area contributed by atoms with Gasteiger partial charge in [-0.15, -0.1) is 0 Å². The summed E-state index contributed by atoms with van der Waals surface area (Å²) in [5.74, 6) is 0. The Hall–Kier alpha value is -4.42. The largest absolute Gasteiger partial charge is 0.354 e. The quantitative estimate of drug-likeness (QED) is 0.230. The molecule has 7 rings (SSSR count). The summed E-state index contributed by atoms with van der Waals surface area (Å²) >= 11 is 0. The van der Waals surface area contributed by atoms with Crippen LogP contribution in [0.25, 0.3) is 21.8 Å². The van der Waals surface area contributed by atoms with Crippen molar-refractivity contribution < 1.29 is 9.13 Å². The molecule has 1 heterocycles. The fraction of sp³-hybridized carbons (Fsp3) is 0. The van der Waals surface area contributed by atoms with E-state index < -0.39 is 14.3 Å². The van der Waals surface area contributed by atoms with E-state index >= 15 is 0 Å². The fourth-order valence-corrected chi connectivity index (χ4v) is 11.1. The van der Waals surface area contributed by atoms with Gasteiger partial charge in [-0.2, -0.15) is 0 Å². The van der Waals surface area contributed by atoms with E-state index in [-0.39, 0.29) is 0 Å². The third kappa shape index (κ3) is 4.21. The SMILES string of the molecule is O=P(c1ccccc1)(c1ccccc1)c1ccc2c(c1)[nH]c1cc(P(=O)(c3ccccc3)c3ccccc3)ccc12. The van der Waals surface area contributed by atoms with Crippen molar-refractivity contribution in [1.29, 1.82) is 0 Å². The lowest BCUT2D eigenvalue weighted by molar-refractivity contribution is 0.591. The number of aromatic amines is 1. The lowest BCUT2D eigenvalue weighted by Gasteiger charge is -2.20. The van der Waals surface area contributed by atoms with Gasteiger partial charge in [0.25, 0.3) is 0 Å². The molecule has 0 atom stereocenters. The molecule has 0 saturated heterocycles. The molecule has 0 aliphatic heterocycles. The number of hydrogen-bond acceptors (Lipinski definition) is 2. The molecular formula is C36H27NO2P2. The van der Waals surface area contributed by atoms with Gasteiger partial charge in [0.2, 0.25) is 0 Å². The van der Waals surface area contributed by atoms with Gasteiger partial charge in [0, 0.05) is 53.6 Å². The number of H-pyrrole nitrogens is 1. The zero-order valence-corrected chi connectivity index (χ0v) is 24.0. The summed E-state index contributed by atoms with van der Waals surface area (Å²) in [5, 5.41) is 6.83. The van der Waals surface area contributed by atoms with Crippen LogP contribution in [0.3, 0.4) is 0 Å². The van der Waals surface area contributed by atoms with Crippen molar-refractivity contribution in [3.63, 3.8) is 0 Å². The van der Waals surface area contributed by atoms with Crippen LogP contribution in [0.15, 0.2) is 158 Å². The van der Waals surface area contributed by atoms with E-state index in [0.29, 0.717) is 0 Å². The Kier molecular flexibility index (Phi) is 6.36. The molecule has 5 heteroatoms. The Morgan fingerprint density at radius 3 is 0.927 bits per heavy atom. The van der Waals surface area contributed by atoms with Crippen LogP contribution >= 0.6 is 14.3 Å². The Balaban J connectivity index is 1.41. The minimum absolute atomic E-state index is 0.772. The maximum Gasteiger partial charge on any atom is 0.171 e. The molecule has 0 aliphatic carbocycles. The Morgan fingerprint density at radius 2 is 0.634 bits per heavy atom. The van der Waals surface area contributed by atoms with Gasteiger partial charge in [0.15, 0.2) is 14.3 Å². The van der Waals surface area contributed by atoms with Gasteiger partial charge in [0.05, 0.1) is 0 Å². The second-order valence-corrected chi connectivity index (χ2v) is 15.7. The Morgan fingerprint density at radius 1 is 0.341 bits per heavy atom. The lowest BCUT2D eigenvalue weighted by atomic mass is 10.1. The third-order valence-electron chi connectivity index (χ3n) is 7.77. The van der Waals surface area contributed by atoms with Crippen molar-refractivity contribution >= 4 is 67.9 Å². The normalized spacial score (nSPS) is 12.1. The molecule has 6 aromatic carbocycles. The van der Waals surface area contributed by atoms with Crippen LogP contribution in [0.4, 0.5) is 0 Å². The van der Waals surface area contributed by atoms with E-state index in [1.807, 2.05) is 146 Å². The fourth-order valence-electron chi connectivity index (χ4n) is 5.72. The van der Waals surface area contributed by atoms with Crippen LogP contribution in [-0.2, 0) is 9.13 Å². The van der Waals surface area contributed by atoms with E-state index in [1.165, 1.54) is 0 Å². The van der Waals surface area contributed by atoms with Crippen LogP contribution in [0.2, 0.25) is 0 Å². The maximum absolute atomic E-state index is 14.9. The standard InChI is InChI=1S/C36H27NO2P2/c38-40(27-13-5-1-6-14-27,28-15-7-2-8-16-28)31-21-23-33-34-24-22-32(26-36(34)37-35(33)25-31)41(39,29-17-9-3-10-18-29)30-19-11-4-12-20-30/h1-26,37H. The van der Waals surface area contributed by atoms with Crippen molar-refractivity contribution in [2.75, 3.05) is 0 Å². The minimum atomic E-state index is -3.10. The number of benzene rings is 6. The highest BCUT2D eigenvalue weighted by Crippen LogP contribution is 2.45. The molecule has 3 nitrogen and oxygen atoms in total. The van der Waals surface area contributed by atoms with Gasteiger partial charge in [-0.25, -0.2) is 0 Å². The molecule has 0 bridgehead atoms. The van der Waals surface area contributed by atoms with Gasteiger partial charge < -0.3 is 14.1 Å². The number of aromatic nitrogens is 1. The van der Waals surface area contributed by atoms with Crippen LogP contribution < -0.4 is 31.8 Å². The van der Waals surface area contributed by atoms with Gasteiger partial charge in [-0.1, -0.05) is 146 Å². The molecule has 7 aromatic rings. The first-order chi connectivity index (χ1) is 20.1. The molecule has 0 amide bonds. The number of fused-ring (bicyclic) bond motifs is 3. The Bertz CT molecular complexity index is 1850. The van der Waals surface area contributed by atoms with E-state index in [2.05, 4.69) is 17.1 Å². The summed E-state index contributed by atoms with van der Waals surface area (Å²) < 4.78 is 29.9. The second kappa shape index (κ2) is 10.2. The monoisotopic (exact) mass is 567 g/mol. The van der Waals surface area contributed by atoms with Gasteiger partial charge >= 0.3 is 0 Å². The first kappa shape index (κ1) is 25.5. The molecule has 0 fully saturated rings. The summed E-state index contributed by atoms with van der Waals surface area (Å²) in [6, 6.07) is 50.9. The van der Waals surface area contributed by atoms with Crippen LogP contribution in [0.1, 0.15) is 0 Å². The van der Waals surface area contributed by atoms with Crippen LogP contribution in [0.5, 0.6) is 0 Å². The molecule has 1 N–H and O–H groups in total. The van der Waals surface area contributed by atoms with E-state index in [0.717, 1.165) is 53.6 Å². The average Bonchev–Trinajstić information content (AvgIpc) is 3.43. The van der Waals surface area contributed by atoms with Gasteiger partial charge in [-0.3, -0.25) is 0 Å². The first-order valence-electron chi connectivity index (χ1n) is 13.6. The molecule has 0 aliphatic rings. The summed E-state index contributed by atoms with van der Waals surface area (Å²) in [5.41, 5.74) is 1.80. The predicted octanol–water partition coefficient (Wildman–Crippen LogP) is 6.60. The summed E-state index contributed by atoms with van der Waals surface area (Å²) in [6.45, 7) is 0. The molecule has 1 aromatic heterocycles. The smallest absolute Gasteiger partial charge is 0.171 e. The van der Waals surface area contributed by atoms with E-state index in [1.54, 1.807) is 0 Å². The molecule has 0 spiro atoms. The van der Waals surface area contributed by atoms with Crippen LogP contribution in [0, 0.1) is 0 Å². The summed E-state index contributed by atoms with van der Waals surface area (Å²) in [6.07, 6.45) is 0. The lowest BCUT2D eigenvalue weighted by Crippen LogP contribution is -2.24. The van der Waals surface area contributed by atoms with Gasteiger partial charge in [0.1, 0.15) is 0 Å². The number of rotatable bonds is 6. The summed E-state index contributed by atoms with van der Waals surface area (Å²) in [7, 11) is -6.21. The van der Waals surface area contributed by atoms with E-state index in [9.17, 15) is 9.13 Å². The molecule has 0 saturated carbocycles. The highest BCUT2D eigenvalue weighted by molar-refractivity contribution is 7.85. The number of nitrogens with one attached hydrogen (secondary N) is 1. The van der Waals surface area contributed by atoms with Gasteiger partial charge in [-0.05, 0) is 12.1 Å². The number of hydrogen-bond donors (Lipinski definition) is 1. The minimum Gasteiger partial charge on any atom is -0.354 e. The second-order valence-electron chi connectivity index (χ2n) is 10.1. The molecular weight excluding hydrogens is 540 g/mol. The van der Waals surface area contributed by atoms with Crippen molar-refractivity contribution in [3.05, 3.63) is 158 Å². The Labute approximate surface area is 239 Å². The van der Waals surface area contributed by atoms with Crippen molar-refractivity contribution in [2.24, 2.45) is 0 Å². The van der Waals surface area contributed by atoms with Crippen molar-refractivity contribution in [3.8, 4) is 0 Å².